The highest BCUT2D eigenvalue weighted by Gasteiger charge is 2.31. The van der Waals surface area contributed by atoms with E-state index in [9.17, 15) is 10.1 Å². The van der Waals surface area contributed by atoms with Crippen molar-refractivity contribution < 1.29 is 9.53 Å². The Hall–Kier alpha value is -3.24. The van der Waals surface area contributed by atoms with Crippen LogP contribution in [0.25, 0.3) is 22.2 Å². The number of nitrogens with zero attached hydrogens (tertiary/aromatic N) is 4. The fourth-order valence-electron chi connectivity index (χ4n) is 4.02. The summed E-state index contributed by atoms with van der Waals surface area (Å²) in [6.45, 7) is 2.25. The Labute approximate surface area is 162 Å². The van der Waals surface area contributed by atoms with Crippen molar-refractivity contribution in [3.8, 4) is 17.2 Å². The number of ether oxygens (including phenoxy) is 1. The molecule has 0 saturated carbocycles. The van der Waals surface area contributed by atoms with Crippen molar-refractivity contribution in [2.24, 2.45) is 5.92 Å². The molecule has 28 heavy (non-hydrogen) atoms. The minimum atomic E-state index is 0.108. The minimum Gasteiger partial charge on any atom is -0.381 e. The third-order valence-electron chi connectivity index (χ3n) is 5.62. The number of nitriles is 1. The molecule has 140 valence electrons. The summed E-state index contributed by atoms with van der Waals surface area (Å²) < 4.78 is 5.44. The number of nitrogens with one attached hydrogen (secondary N) is 1. The van der Waals surface area contributed by atoms with Gasteiger partial charge in [-0.1, -0.05) is 0 Å². The highest BCUT2D eigenvalue weighted by atomic mass is 16.5. The van der Waals surface area contributed by atoms with Crippen LogP contribution in [-0.2, 0) is 16.0 Å². The number of pyridine rings is 2. The number of hydrogen-bond donors (Lipinski definition) is 1. The number of aromatic nitrogens is 3. The quantitative estimate of drug-likeness (QED) is 0.762. The molecule has 1 N–H and O–H groups in total. The van der Waals surface area contributed by atoms with Crippen LogP contribution in [0, 0.1) is 17.2 Å². The molecule has 1 saturated heterocycles. The molecule has 0 radical (unpaired) electrons. The number of fused-ring (bicyclic) bond motifs is 2. The first-order valence-electron chi connectivity index (χ1n) is 9.47. The van der Waals surface area contributed by atoms with Crippen molar-refractivity contribution in [1.82, 2.24) is 15.0 Å². The second-order valence-electron chi connectivity index (χ2n) is 7.36. The monoisotopic (exact) mass is 373 g/mol. The Balaban J connectivity index is 1.50. The van der Waals surface area contributed by atoms with Gasteiger partial charge in [0.05, 0.1) is 23.4 Å². The standard InChI is InChI=1S/C21H19N5O2/c22-8-16-11-25-21-17(16)5-14(10-24-21)15-6-19-18(23-9-15)7-20(27)26(19)12-13-1-3-28-4-2-13/h5-6,9-11,13H,1-4,7,12H2,(H,24,25). The molecule has 5 rings (SSSR count). The third-order valence-corrected chi connectivity index (χ3v) is 5.62. The normalized spacial score (nSPS) is 17.1. The van der Waals surface area contributed by atoms with E-state index in [1.165, 1.54) is 0 Å². The van der Waals surface area contributed by atoms with E-state index in [0.29, 0.717) is 30.1 Å². The number of hydrogen-bond acceptors (Lipinski definition) is 5. The maximum absolute atomic E-state index is 12.6. The fraction of sp³-hybridized carbons (Fsp3) is 0.333. The number of rotatable bonds is 3. The minimum absolute atomic E-state index is 0.108. The molecular formula is C21H19N5O2. The SMILES string of the molecule is N#Cc1c[nH]c2ncc(-c3cnc4c(c3)N(CC3CCOCC3)C(=O)C4)cc12. The second-order valence-corrected chi connectivity index (χ2v) is 7.36. The summed E-state index contributed by atoms with van der Waals surface area (Å²) in [7, 11) is 0. The molecule has 0 spiro atoms. The Bertz CT molecular complexity index is 1110. The van der Waals surface area contributed by atoms with Gasteiger partial charge in [-0.15, -0.1) is 0 Å². The van der Waals surface area contributed by atoms with Gasteiger partial charge in [-0.05, 0) is 30.9 Å². The molecule has 0 aromatic carbocycles. The molecule has 0 atom stereocenters. The second kappa shape index (κ2) is 6.73. The average molecular weight is 373 g/mol. The molecule has 3 aromatic rings. The lowest BCUT2D eigenvalue weighted by molar-refractivity contribution is -0.117. The first kappa shape index (κ1) is 16.9. The van der Waals surface area contributed by atoms with E-state index in [-0.39, 0.29) is 5.91 Å². The van der Waals surface area contributed by atoms with Crippen LogP contribution in [0.2, 0.25) is 0 Å². The fourth-order valence-corrected chi connectivity index (χ4v) is 4.02. The largest absolute Gasteiger partial charge is 0.381 e. The van der Waals surface area contributed by atoms with Gasteiger partial charge in [-0.3, -0.25) is 9.78 Å². The molecule has 2 aliphatic rings. The molecule has 0 unspecified atom stereocenters. The van der Waals surface area contributed by atoms with Crippen LogP contribution in [0.4, 0.5) is 5.69 Å². The van der Waals surface area contributed by atoms with Crippen LogP contribution in [-0.4, -0.2) is 40.6 Å². The van der Waals surface area contributed by atoms with Crippen molar-refractivity contribution in [2.75, 3.05) is 24.7 Å². The highest BCUT2D eigenvalue weighted by molar-refractivity contribution is 6.01. The van der Waals surface area contributed by atoms with Gasteiger partial charge in [-0.2, -0.15) is 5.26 Å². The summed E-state index contributed by atoms with van der Waals surface area (Å²) >= 11 is 0. The van der Waals surface area contributed by atoms with Gasteiger partial charge in [0, 0.05) is 54.9 Å². The van der Waals surface area contributed by atoms with E-state index in [1.54, 1.807) is 18.6 Å². The number of H-pyrrole nitrogens is 1. The Morgan fingerprint density at radius 1 is 1.21 bits per heavy atom. The molecule has 5 heterocycles. The molecule has 0 bridgehead atoms. The van der Waals surface area contributed by atoms with Crippen molar-refractivity contribution in [2.45, 2.75) is 19.3 Å². The van der Waals surface area contributed by atoms with E-state index in [1.807, 2.05) is 17.0 Å². The maximum atomic E-state index is 12.6. The number of carbonyl (C=O) groups excluding carboxylic acids is 1. The molecule has 7 heteroatoms. The van der Waals surface area contributed by atoms with Gasteiger partial charge in [0.1, 0.15) is 11.7 Å². The van der Waals surface area contributed by atoms with E-state index in [2.05, 4.69) is 21.0 Å². The van der Waals surface area contributed by atoms with Gasteiger partial charge < -0.3 is 14.6 Å². The molecule has 1 fully saturated rings. The van der Waals surface area contributed by atoms with Crippen molar-refractivity contribution in [1.29, 1.82) is 5.26 Å². The predicted octanol–water partition coefficient (Wildman–Crippen LogP) is 2.81. The van der Waals surface area contributed by atoms with Gasteiger partial charge in [0.15, 0.2) is 0 Å². The van der Waals surface area contributed by atoms with Crippen LogP contribution >= 0.6 is 0 Å². The average Bonchev–Trinajstić information content (AvgIpc) is 3.28. The van der Waals surface area contributed by atoms with E-state index >= 15 is 0 Å². The summed E-state index contributed by atoms with van der Waals surface area (Å²) in [6.07, 6.45) is 7.53. The lowest BCUT2D eigenvalue weighted by Gasteiger charge is -2.27. The van der Waals surface area contributed by atoms with E-state index < -0.39 is 0 Å². The Morgan fingerprint density at radius 3 is 2.82 bits per heavy atom. The van der Waals surface area contributed by atoms with Crippen LogP contribution in [0.15, 0.2) is 30.7 Å². The lowest BCUT2D eigenvalue weighted by atomic mass is 9.99. The zero-order valence-corrected chi connectivity index (χ0v) is 15.3. The first-order valence-corrected chi connectivity index (χ1v) is 9.47. The summed E-state index contributed by atoms with van der Waals surface area (Å²) in [5.74, 6) is 0.570. The zero-order chi connectivity index (χ0) is 19.1. The first-order chi connectivity index (χ1) is 13.7. The number of amides is 1. The molecule has 3 aromatic heterocycles. The van der Waals surface area contributed by atoms with Crippen LogP contribution in [0.5, 0.6) is 0 Å². The molecule has 7 nitrogen and oxygen atoms in total. The number of anilines is 1. The van der Waals surface area contributed by atoms with E-state index in [0.717, 1.165) is 53.9 Å². The highest BCUT2D eigenvalue weighted by Crippen LogP contribution is 2.34. The summed E-state index contributed by atoms with van der Waals surface area (Å²) in [5, 5.41) is 10.1. The summed E-state index contributed by atoms with van der Waals surface area (Å²) in [4.78, 5) is 26.4. The van der Waals surface area contributed by atoms with Crippen molar-refractivity contribution in [3.63, 3.8) is 0 Å². The van der Waals surface area contributed by atoms with Gasteiger partial charge in [0.2, 0.25) is 5.91 Å². The van der Waals surface area contributed by atoms with Crippen LogP contribution in [0.3, 0.4) is 0 Å². The predicted molar refractivity (Wildman–Crippen MR) is 104 cm³/mol. The summed E-state index contributed by atoms with van der Waals surface area (Å²) in [6, 6.07) is 6.15. The topological polar surface area (TPSA) is 94.9 Å². The summed E-state index contributed by atoms with van der Waals surface area (Å²) in [5.41, 5.74) is 4.74. The maximum Gasteiger partial charge on any atom is 0.233 e. The van der Waals surface area contributed by atoms with Crippen molar-refractivity contribution >= 4 is 22.6 Å². The van der Waals surface area contributed by atoms with Gasteiger partial charge >= 0.3 is 0 Å². The molecule has 0 aliphatic carbocycles. The van der Waals surface area contributed by atoms with Gasteiger partial charge in [0.25, 0.3) is 0 Å². The third kappa shape index (κ3) is 2.83. The van der Waals surface area contributed by atoms with Crippen LogP contribution < -0.4 is 4.90 Å². The Morgan fingerprint density at radius 2 is 2.00 bits per heavy atom. The smallest absolute Gasteiger partial charge is 0.233 e. The van der Waals surface area contributed by atoms with E-state index in [4.69, 9.17) is 4.74 Å². The Kier molecular flexibility index (Phi) is 4.06. The van der Waals surface area contributed by atoms with Gasteiger partial charge in [-0.25, -0.2) is 4.98 Å². The van der Waals surface area contributed by atoms with Crippen molar-refractivity contribution in [3.05, 3.63) is 42.0 Å². The zero-order valence-electron chi connectivity index (χ0n) is 15.3. The molecule has 2 aliphatic heterocycles. The number of aromatic amines is 1. The molecule has 1 amide bonds. The lowest BCUT2D eigenvalue weighted by Crippen LogP contribution is -2.34. The molecular weight excluding hydrogens is 354 g/mol. The number of carbonyl (C=O) groups is 1. The van der Waals surface area contributed by atoms with Crippen LogP contribution in [0.1, 0.15) is 24.1 Å².